The molecule has 0 fully saturated rings. The highest BCUT2D eigenvalue weighted by atomic mass is 32.1. The van der Waals surface area contributed by atoms with Crippen molar-refractivity contribution in [1.29, 1.82) is 0 Å². The van der Waals surface area contributed by atoms with Crippen molar-refractivity contribution >= 4 is 22.4 Å². The Morgan fingerprint density at radius 2 is 1.87 bits per heavy atom. The van der Waals surface area contributed by atoms with Gasteiger partial charge in [0, 0.05) is 18.7 Å². The first kappa shape index (κ1) is 20.7. The summed E-state index contributed by atoms with van der Waals surface area (Å²) in [4.78, 5) is 18.3. The molecule has 2 heterocycles. The van der Waals surface area contributed by atoms with Gasteiger partial charge in [0.2, 0.25) is 0 Å². The van der Waals surface area contributed by atoms with E-state index in [4.69, 9.17) is 0 Å². The average Bonchev–Trinajstić information content (AvgIpc) is 3.44. The number of benzene rings is 2. The Hall–Kier alpha value is -3.59. The number of hydrogen-bond acceptors (Lipinski definition) is 7. The number of hydrogen-bond donors (Lipinski definition) is 2. The number of aryl methyl sites for hydroxylation is 1. The fourth-order valence-corrected chi connectivity index (χ4v) is 4.38. The van der Waals surface area contributed by atoms with Gasteiger partial charge in [-0.1, -0.05) is 66.8 Å². The number of rotatable bonds is 8. The second kappa shape index (κ2) is 9.05. The summed E-state index contributed by atoms with van der Waals surface area (Å²) in [5, 5.41) is 24.3. The van der Waals surface area contributed by atoms with Gasteiger partial charge < -0.3 is 10.0 Å². The topological polar surface area (TPSA) is 108 Å². The van der Waals surface area contributed by atoms with E-state index in [0.29, 0.717) is 22.9 Å². The Bertz CT molecular complexity index is 1170. The van der Waals surface area contributed by atoms with E-state index in [1.165, 1.54) is 11.3 Å². The van der Waals surface area contributed by atoms with Gasteiger partial charge in [-0.3, -0.25) is 0 Å². The monoisotopic (exact) mass is 434 g/mol. The van der Waals surface area contributed by atoms with Gasteiger partial charge in [-0.05, 0) is 40.5 Å². The molecule has 9 heteroatoms. The average molecular weight is 435 g/mol. The predicted molar refractivity (Wildman–Crippen MR) is 120 cm³/mol. The quantitative estimate of drug-likeness (QED) is 0.423. The molecule has 2 aromatic heterocycles. The van der Waals surface area contributed by atoms with E-state index in [2.05, 4.69) is 61.7 Å². The van der Waals surface area contributed by atoms with Crippen LogP contribution in [0.3, 0.4) is 0 Å². The molecule has 2 N–H and O–H groups in total. The number of carbonyl (C=O) groups is 1. The van der Waals surface area contributed by atoms with Crippen LogP contribution < -0.4 is 4.90 Å². The maximum Gasteiger partial charge on any atom is 0.347 e. The summed E-state index contributed by atoms with van der Waals surface area (Å²) in [7, 11) is 0. The molecule has 0 saturated carbocycles. The summed E-state index contributed by atoms with van der Waals surface area (Å²) in [6.07, 6.45) is 0.942. The van der Waals surface area contributed by atoms with Crippen LogP contribution in [0.2, 0.25) is 0 Å². The molecule has 0 unspecified atom stereocenters. The third kappa shape index (κ3) is 4.46. The zero-order chi connectivity index (χ0) is 21.8. The molecule has 31 heavy (non-hydrogen) atoms. The lowest BCUT2D eigenvalue weighted by Crippen LogP contribution is -2.23. The van der Waals surface area contributed by atoms with Gasteiger partial charge in [-0.15, -0.1) is 5.10 Å². The number of aromatic nitrogens is 5. The first-order valence-corrected chi connectivity index (χ1v) is 10.8. The molecule has 0 bridgehead atoms. The first-order chi connectivity index (χ1) is 15.1. The number of anilines is 1. The maximum atomic E-state index is 11.4. The zero-order valence-electron chi connectivity index (χ0n) is 17.2. The van der Waals surface area contributed by atoms with Gasteiger partial charge in [0.1, 0.15) is 4.88 Å². The largest absolute Gasteiger partial charge is 0.477 e. The number of H-pyrrole nitrogens is 1. The number of thiazole rings is 1. The second-order valence-electron chi connectivity index (χ2n) is 7.13. The van der Waals surface area contributed by atoms with Crippen LogP contribution in [0.5, 0.6) is 0 Å². The van der Waals surface area contributed by atoms with Crippen LogP contribution in [0.4, 0.5) is 5.13 Å². The number of nitrogens with zero attached hydrogens (tertiary/aromatic N) is 5. The smallest absolute Gasteiger partial charge is 0.347 e. The fraction of sp³-hybridized carbons (Fsp3) is 0.227. The maximum absolute atomic E-state index is 11.4. The third-order valence-electron chi connectivity index (χ3n) is 4.91. The Kier molecular flexibility index (Phi) is 6.03. The van der Waals surface area contributed by atoms with Crippen molar-refractivity contribution in [2.75, 3.05) is 11.4 Å². The summed E-state index contributed by atoms with van der Waals surface area (Å²) >= 11 is 1.23. The predicted octanol–water partition coefficient (Wildman–Crippen LogP) is 4.41. The Morgan fingerprint density at radius 1 is 1.13 bits per heavy atom. The van der Waals surface area contributed by atoms with E-state index in [-0.39, 0.29) is 0 Å². The molecule has 0 aliphatic carbocycles. The molecule has 0 amide bonds. The molecule has 0 aliphatic rings. The number of aromatic amines is 1. The van der Waals surface area contributed by atoms with Gasteiger partial charge >= 0.3 is 5.97 Å². The van der Waals surface area contributed by atoms with Gasteiger partial charge in [0.05, 0.1) is 5.69 Å². The molecule has 0 saturated heterocycles. The lowest BCUT2D eigenvalue weighted by Gasteiger charge is -2.21. The van der Waals surface area contributed by atoms with Gasteiger partial charge in [-0.2, -0.15) is 0 Å². The summed E-state index contributed by atoms with van der Waals surface area (Å²) in [5.74, 6) is -0.301. The number of aromatic carboxylic acids is 1. The molecular formula is C22H22N6O2S. The molecule has 158 valence electrons. The molecule has 0 radical (unpaired) electrons. The summed E-state index contributed by atoms with van der Waals surface area (Å²) in [6.45, 7) is 5.30. The lowest BCUT2D eigenvalue weighted by atomic mass is 9.98. The minimum atomic E-state index is -0.928. The van der Waals surface area contributed by atoms with E-state index in [1.54, 1.807) is 6.92 Å². The van der Waals surface area contributed by atoms with Crippen molar-refractivity contribution in [2.45, 2.75) is 26.8 Å². The number of tetrazole rings is 1. The van der Waals surface area contributed by atoms with Crippen LogP contribution in [-0.2, 0) is 6.54 Å². The number of carboxylic acids is 1. The van der Waals surface area contributed by atoms with Gasteiger partial charge in [-0.25, -0.2) is 14.9 Å². The lowest BCUT2D eigenvalue weighted by molar-refractivity contribution is 0.0701. The minimum absolute atomic E-state index is 0.296. The standard InChI is InChI=1S/C22H22N6O2S/c1-3-12-28(22-23-14(2)19(31-22)21(29)30)13-15-8-10-16(11-9-15)17-6-4-5-7-18(17)20-24-26-27-25-20/h4-11H,3,12-13H2,1-2H3,(H,29,30)(H,24,25,26,27). The molecule has 4 rings (SSSR count). The van der Waals surface area contributed by atoms with Crippen LogP contribution >= 0.6 is 11.3 Å². The van der Waals surface area contributed by atoms with Crippen LogP contribution in [0, 0.1) is 6.92 Å². The highest BCUT2D eigenvalue weighted by molar-refractivity contribution is 7.17. The van der Waals surface area contributed by atoms with Crippen molar-refractivity contribution in [1.82, 2.24) is 25.6 Å². The van der Waals surface area contributed by atoms with E-state index in [0.717, 1.165) is 40.4 Å². The highest BCUT2D eigenvalue weighted by Crippen LogP contribution is 2.31. The van der Waals surface area contributed by atoms with Crippen molar-refractivity contribution in [3.63, 3.8) is 0 Å². The van der Waals surface area contributed by atoms with E-state index >= 15 is 0 Å². The third-order valence-corrected chi connectivity index (χ3v) is 6.12. The summed E-state index contributed by atoms with van der Waals surface area (Å²) < 4.78 is 0. The minimum Gasteiger partial charge on any atom is -0.477 e. The Balaban J connectivity index is 1.58. The molecule has 0 aliphatic heterocycles. The fourth-order valence-electron chi connectivity index (χ4n) is 3.45. The van der Waals surface area contributed by atoms with Crippen molar-refractivity contribution in [3.8, 4) is 22.5 Å². The second-order valence-corrected chi connectivity index (χ2v) is 8.11. The van der Waals surface area contributed by atoms with Gasteiger partial charge in [0.15, 0.2) is 11.0 Å². The van der Waals surface area contributed by atoms with Crippen LogP contribution in [0.1, 0.15) is 34.3 Å². The molecular weight excluding hydrogens is 412 g/mol. The van der Waals surface area contributed by atoms with Crippen molar-refractivity contribution in [2.24, 2.45) is 0 Å². The summed E-state index contributed by atoms with van der Waals surface area (Å²) in [5.41, 5.74) is 4.73. The molecule has 4 aromatic rings. The van der Waals surface area contributed by atoms with Crippen molar-refractivity contribution < 1.29 is 9.90 Å². The summed E-state index contributed by atoms with van der Waals surface area (Å²) in [6, 6.07) is 16.3. The number of carboxylic acid groups (broad SMARTS) is 1. The Labute approximate surface area is 183 Å². The first-order valence-electron chi connectivity index (χ1n) is 9.95. The molecule has 0 spiro atoms. The highest BCUT2D eigenvalue weighted by Gasteiger charge is 2.18. The molecule has 2 aromatic carbocycles. The molecule has 8 nitrogen and oxygen atoms in total. The Morgan fingerprint density at radius 3 is 2.48 bits per heavy atom. The van der Waals surface area contributed by atoms with Gasteiger partial charge in [0.25, 0.3) is 0 Å². The van der Waals surface area contributed by atoms with Crippen molar-refractivity contribution in [3.05, 3.63) is 64.7 Å². The normalized spacial score (nSPS) is 10.9. The molecule has 0 atom stereocenters. The van der Waals surface area contributed by atoms with E-state index < -0.39 is 5.97 Å². The SMILES string of the molecule is CCCN(Cc1ccc(-c2ccccc2-c2nnn[nH]2)cc1)c1nc(C)c(C(=O)O)s1. The zero-order valence-corrected chi connectivity index (χ0v) is 18.1. The van der Waals surface area contributed by atoms with E-state index in [1.807, 2.05) is 24.3 Å². The van der Waals surface area contributed by atoms with Crippen LogP contribution in [0.15, 0.2) is 48.5 Å². The van der Waals surface area contributed by atoms with Crippen LogP contribution in [0.25, 0.3) is 22.5 Å². The van der Waals surface area contributed by atoms with E-state index in [9.17, 15) is 9.90 Å². The van der Waals surface area contributed by atoms with Crippen LogP contribution in [-0.4, -0.2) is 43.2 Å². The number of nitrogens with one attached hydrogen (secondary N) is 1.